The third-order valence-electron chi connectivity index (χ3n) is 13.0. The number of unbranched alkanes of at least 4 members (excludes halogenated alkanes) is 12. The largest absolute Gasteiger partial charge is 0.391 e. The molecule has 1 fully saturated rings. The summed E-state index contributed by atoms with van der Waals surface area (Å²) in [6.07, 6.45) is 13.6. The molecule has 1 aromatic heterocycles. The molecule has 0 spiro atoms. The predicted molar refractivity (Wildman–Crippen MR) is 276 cm³/mol. The molecule has 1 aliphatic heterocycles. The van der Waals surface area contributed by atoms with Gasteiger partial charge in [0.05, 0.1) is 39.6 Å². The summed E-state index contributed by atoms with van der Waals surface area (Å²) in [7, 11) is 0. The highest BCUT2D eigenvalue weighted by molar-refractivity contribution is 14.1. The Morgan fingerprint density at radius 2 is 1.49 bits per heavy atom. The van der Waals surface area contributed by atoms with E-state index in [0.29, 0.717) is 16.6 Å². The number of rotatable bonds is 28. The Morgan fingerprint density at radius 1 is 0.870 bits per heavy atom. The average molecular weight is 1090 g/mol. The number of Topliss-reactive ketones (excluding diaryl/α,β-unsaturated/α-hetero) is 2. The minimum absolute atomic E-state index is 0.0532. The fourth-order valence-corrected chi connectivity index (χ4v) is 10.1. The molecule has 4 atom stereocenters. The molecule has 0 aliphatic carbocycles. The van der Waals surface area contributed by atoms with Crippen LogP contribution in [0.15, 0.2) is 60.1 Å². The monoisotopic (exact) mass is 1090 g/mol. The van der Waals surface area contributed by atoms with Crippen molar-refractivity contribution in [1.82, 2.24) is 15.2 Å². The number of β-amino-alcohol motifs (C(OH)–C–C–N with tert-alkyl or cyclic N) is 1. The van der Waals surface area contributed by atoms with E-state index >= 15 is 0 Å². The summed E-state index contributed by atoms with van der Waals surface area (Å²) in [6, 6.07) is 13.2. The first kappa shape index (κ1) is 55.7. The van der Waals surface area contributed by atoms with Crippen molar-refractivity contribution in [1.29, 1.82) is 0 Å². The van der Waals surface area contributed by atoms with Gasteiger partial charge in [-0.25, -0.2) is 18.2 Å². The van der Waals surface area contributed by atoms with Gasteiger partial charge in [-0.2, -0.15) is 0 Å². The maximum Gasteiger partial charge on any atom is 0.243 e. The van der Waals surface area contributed by atoms with Gasteiger partial charge in [0.2, 0.25) is 11.8 Å². The molecular formula is C54H70F3IN4O6S. The topological polar surface area (TPSA) is 138 Å². The summed E-state index contributed by atoms with van der Waals surface area (Å²) < 4.78 is 49.3. The standard InChI is InChI=1S/C54H70F3IN4O6S/c1-35(37-20-22-38(23-21-37)51-36(2)59-34-69-51)60-52(66)47-31-41(64)32-62(47)53(67)43(54(3,4)5)30-40(63)19-17-15-13-11-9-7-6-8-10-12-14-16-18-28-68-33-48(65)42-25-26-44(55)49(57)50(42)61-46-27-24-39(58)29-45(46)56/h20-27,29,34-35,41,43,47,61,64H,6-19,28,30-33H2,1-5H3,(H,60,66)/t35-,41+,43+,47-/m0/s1. The third-order valence-corrected chi connectivity index (χ3v) is 14.6. The fraction of sp³-hybridized carbons (Fsp3) is 0.537. The summed E-state index contributed by atoms with van der Waals surface area (Å²) in [4.78, 5) is 60.8. The van der Waals surface area contributed by atoms with Crippen LogP contribution in [0.5, 0.6) is 0 Å². The number of carbonyl (C=O) groups excluding carboxylic acids is 4. The van der Waals surface area contributed by atoms with Crippen LogP contribution >= 0.6 is 33.9 Å². The second kappa shape index (κ2) is 27.4. The van der Waals surface area contributed by atoms with E-state index in [9.17, 15) is 37.5 Å². The van der Waals surface area contributed by atoms with Crippen molar-refractivity contribution >= 4 is 68.7 Å². The van der Waals surface area contributed by atoms with Gasteiger partial charge in [-0.3, -0.25) is 19.2 Å². The lowest BCUT2D eigenvalue weighted by atomic mass is 9.76. The smallest absolute Gasteiger partial charge is 0.243 e. The Balaban J connectivity index is 0.898. The van der Waals surface area contributed by atoms with Gasteiger partial charge in [0.15, 0.2) is 17.4 Å². The van der Waals surface area contributed by atoms with Gasteiger partial charge in [-0.15, -0.1) is 11.3 Å². The van der Waals surface area contributed by atoms with E-state index in [4.69, 9.17) is 4.74 Å². The minimum Gasteiger partial charge on any atom is -0.391 e. The number of amides is 2. The maximum absolute atomic E-state index is 14.7. The van der Waals surface area contributed by atoms with Crippen LogP contribution in [0.25, 0.3) is 10.4 Å². The number of nitrogens with zero attached hydrogens (tertiary/aromatic N) is 2. The highest BCUT2D eigenvalue weighted by Crippen LogP contribution is 2.35. The van der Waals surface area contributed by atoms with E-state index in [1.165, 1.54) is 42.4 Å². The molecule has 5 rings (SSSR count). The molecule has 69 heavy (non-hydrogen) atoms. The number of nitrogens with one attached hydrogen (secondary N) is 2. The second-order valence-electron chi connectivity index (χ2n) is 19.5. The first-order chi connectivity index (χ1) is 32.9. The molecule has 1 aliphatic rings. The van der Waals surface area contributed by atoms with Gasteiger partial charge in [0.1, 0.15) is 24.2 Å². The number of hydrogen-bond donors (Lipinski definition) is 3. The average Bonchev–Trinajstić information content (AvgIpc) is 3.93. The lowest BCUT2D eigenvalue weighted by Crippen LogP contribution is -2.50. The highest BCUT2D eigenvalue weighted by atomic mass is 127. The van der Waals surface area contributed by atoms with E-state index in [2.05, 4.69) is 15.6 Å². The van der Waals surface area contributed by atoms with Crippen molar-refractivity contribution in [3.8, 4) is 10.4 Å². The fourth-order valence-electron chi connectivity index (χ4n) is 8.84. The van der Waals surface area contributed by atoms with Crippen molar-refractivity contribution < 1.29 is 42.2 Å². The second-order valence-corrected chi connectivity index (χ2v) is 21.6. The van der Waals surface area contributed by atoms with Crippen molar-refractivity contribution in [3.05, 3.63) is 98.0 Å². The van der Waals surface area contributed by atoms with E-state index < -0.39 is 52.4 Å². The van der Waals surface area contributed by atoms with Crippen LogP contribution in [-0.4, -0.2) is 70.3 Å². The van der Waals surface area contributed by atoms with Crippen LogP contribution in [0.3, 0.4) is 0 Å². The molecule has 3 N–H and O–H groups in total. The quantitative estimate of drug-likeness (QED) is 0.0290. The Bertz CT molecular complexity index is 2320. The Kier molecular flexibility index (Phi) is 22.2. The molecule has 2 heterocycles. The van der Waals surface area contributed by atoms with Gasteiger partial charge < -0.3 is 25.4 Å². The lowest BCUT2D eigenvalue weighted by molar-refractivity contribution is -0.146. The summed E-state index contributed by atoms with van der Waals surface area (Å²) in [5, 5.41) is 16.3. The summed E-state index contributed by atoms with van der Waals surface area (Å²) in [5.41, 5.74) is 3.68. The summed E-state index contributed by atoms with van der Waals surface area (Å²) >= 11 is 3.52. The normalized spacial score (nSPS) is 15.8. The summed E-state index contributed by atoms with van der Waals surface area (Å²) in [6.45, 7) is 9.87. The zero-order valence-corrected chi connectivity index (χ0v) is 43.8. The number of aliphatic hydroxyl groups is 1. The van der Waals surface area contributed by atoms with E-state index in [0.717, 1.165) is 92.0 Å². The van der Waals surface area contributed by atoms with Gasteiger partial charge in [-0.1, -0.05) is 116 Å². The number of aliphatic hydroxyl groups excluding tert-OH is 1. The van der Waals surface area contributed by atoms with Crippen molar-refractivity contribution in [2.45, 2.75) is 156 Å². The molecule has 3 aromatic carbocycles. The van der Waals surface area contributed by atoms with Crippen LogP contribution in [0.2, 0.25) is 0 Å². The van der Waals surface area contributed by atoms with Crippen molar-refractivity contribution in [3.63, 3.8) is 0 Å². The van der Waals surface area contributed by atoms with Gasteiger partial charge >= 0.3 is 0 Å². The minimum atomic E-state index is -1.26. The Labute approximate surface area is 424 Å². The first-order valence-electron chi connectivity index (χ1n) is 24.6. The molecule has 2 amide bonds. The number of benzene rings is 3. The number of ether oxygens (including phenoxy) is 1. The van der Waals surface area contributed by atoms with Gasteiger partial charge in [-0.05, 0) is 96.2 Å². The molecule has 1 saturated heterocycles. The van der Waals surface area contributed by atoms with E-state index in [-0.39, 0.29) is 60.9 Å². The molecule has 0 unspecified atom stereocenters. The number of thiazole rings is 1. The highest BCUT2D eigenvalue weighted by Gasteiger charge is 2.44. The number of aryl methyl sites for hydroxylation is 1. The Hall–Kier alpha value is -4.19. The number of likely N-dealkylation sites (tertiary alicyclic amines) is 1. The van der Waals surface area contributed by atoms with Crippen LogP contribution in [0.1, 0.15) is 158 Å². The molecule has 0 bridgehead atoms. The first-order valence-corrected chi connectivity index (χ1v) is 26.5. The van der Waals surface area contributed by atoms with E-state index in [1.54, 1.807) is 17.4 Å². The van der Waals surface area contributed by atoms with Crippen molar-refractivity contribution in [2.75, 3.05) is 25.1 Å². The molecule has 4 aromatic rings. The van der Waals surface area contributed by atoms with E-state index in [1.807, 2.05) is 87.0 Å². The third kappa shape index (κ3) is 17.0. The van der Waals surface area contributed by atoms with Gasteiger partial charge in [0.25, 0.3) is 0 Å². The maximum atomic E-state index is 14.7. The number of carbonyl (C=O) groups is 4. The van der Waals surface area contributed by atoms with Crippen molar-refractivity contribution in [2.24, 2.45) is 11.3 Å². The molecule has 10 nitrogen and oxygen atoms in total. The summed E-state index contributed by atoms with van der Waals surface area (Å²) in [5.74, 6) is -4.71. The molecule has 0 radical (unpaired) electrons. The SMILES string of the molecule is Cc1ncsc1-c1ccc([C@H](C)NC(=O)[C@@H]2C[C@@H](O)CN2C(=O)[C@@H](CC(=O)CCCCCCCCCCCCCCCOCC(=O)c2ccc(F)c(F)c2Nc2ccc(I)cc2F)C(C)(C)C)cc1. The molecule has 15 heteroatoms. The van der Waals surface area contributed by atoms with Crippen LogP contribution < -0.4 is 10.6 Å². The van der Waals surface area contributed by atoms with Crippen LogP contribution in [-0.2, 0) is 19.1 Å². The number of ketones is 2. The zero-order chi connectivity index (χ0) is 50.1. The van der Waals surface area contributed by atoms with Crippen LogP contribution in [0.4, 0.5) is 24.5 Å². The number of aromatic nitrogens is 1. The zero-order valence-electron chi connectivity index (χ0n) is 40.8. The number of hydrogen-bond acceptors (Lipinski definition) is 9. The number of anilines is 2. The van der Waals surface area contributed by atoms with Gasteiger partial charge in [0, 0.05) is 47.5 Å². The van der Waals surface area contributed by atoms with Crippen LogP contribution in [0, 0.1) is 39.3 Å². The molecular weight excluding hydrogens is 1020 g/mol. The number of halogens is 4. The predicted octanol–water partition coefficient (Wildman–Crippen LogP) is 13.0. The molecule has 376 valence electrons. The molecule has 0 saturated carbocycles. The Morgan fingerprint density at radius 3 is 2.09 bits per heavy atom. The lowest BCUT2D eigenvalue weighted by Gasteiger charge is -2.35.